The number of sulfonamides is 1. The number of rotatable bonds is 6. The largest absolute Gasteiger partial charge is 0.502 e. The summed E-state index contributed by atoms with van der Waals surface area (Å²) in [4.78, 5) is 10.0. The fraction of sp³-hybridized carbons (Fsp3) is 0.100. The van der Waals surface area contributed by atoms with Crippen LogP contribution in [0.4, 0.5) is 5.69 Å². The van der Waals surface area contributed by atoms with Crippen molar-refractivity contribution in [1.29, 1.82) is 0 Å². The van der Waals surface area contributed by atoms with E-state index in [0.29, 0.717) is 0 Å². The Labute approximate surface area is 176 Å². The van der Waals surface area contributed by atoms with Crippen LogP contribution < -0.4 is 0 Å². The van der Waals surface area contributed by atoms with Crippen molar-refractivity contribution in [2.24, 2.45) is 0 Å². The maximum absolute atomic E-state index is 13.3. The van der Waals surface area contributed by atoms with Crippen LogP contribution >= 0.6 is 15.9 Å². The number of nitrogens with zero attached hydrogens (tertiary/aromatic N) is 2. The molecule has 3 aromatic carbocycles. The quantitative estimate of drug-likeness (QED) is 0.417. The highest BCUT2D eigenvalue weighted by Crippen LogP contribution is 2.37. The predicted octanol–water partition coefficient (Wildman–Crippen LogP) is 4.47. The third-order valence-corrected chi connectivity index (χ3v) is 7.04. The number of hydrogen-bond donors (Lipinski definition) is 1. The normalized spacial score (nSPS) is 12.7. The fourth-order valence-electron chi connectivity index (χ4n) is 3.03. The molecule has 0 spiro atoms. The van der Waals surface area contributed by atoms with Crippen molar-refractivity contribution in [3.63, 3.8) is 0 Å². The standard InChI is InChI=1S/C20H17BrN2O5S/c1-22(29(27,28)15-11-12-19(24)18(13-15)23(25)26)20(14-7-3-2-4-8-14)16-9-5-6-10-17(16)21/h2-13,20,24H,1H3. The van der Waals surface area contributed by atoms with E-state index in [-0.39, 0.29) is 4.90 Å². The van der Waals surface area contributed by atoms with E-state index >= 15 is 0 Å². The Bertz CT molecular complexity index is 1150. The SMILES string of the molecule is CN(C(c1ccccc1)c1ccccc1Br)S(=O)(=O)c1ccc(O)c([N+](=O)[O-])c1. The van der Waals surface area contributed by atoms with Crippen molar-refractivity contribution in [3.8, 4) is 5.75 Å². The summed E-state index contributed by atoms with van der Waals surface area (Å²) in [6.45, 7) is 0. The van der Waals surface area contributed by atoms with Crippen LogP contribution in [0.3, 0.4) is 0 Å². The van der Waals surface area contributed by atoms with Gasteiger partial charge in [-0.2, -0.15) is 4.31 Å². The zero-order valence-corrected chi connectivity index (χ0v) is 17.7. The molecule has 0 radical (unpaired) electrons. The zero-order chi connectivity index (χ0) is 21.2. The lowest BCUT2D eigenvalue weighted by Gasteiger charge is -2.29. The van der Waals surface area contributed by atoms with Gasteiger partial charge in [-0.1, -0.05) is 64.5 Å². The van der Waals surface area contributed by atoms with Crippen molar-refractivity contribution >= 4 is 31.6 Å². The Morgan fingerprint density at radius 3 is 2.28 bits per heavy atom. The van der Waals surface area contributed by atoms with Crippen LogP contribution in [-0.4, -0.2) is 29.8 Å². The van der Waals surface area contributed by atoms with Gasteiger partial charge in [0.05, 0.1) is 15.9 Å². The smallest absolute Gasteiger partial charge is 0.312 e. The van der Waals surface area contributed by atoms with Gasteiger partial charge in [0.15, 0.2) is 5.75 Å². The van der Waals surface area contributed by atoms with Crippen LogP contribution in [0.1, 0.15) is 17.2 Å². The number of nitro groups is 1. The second kappa shape index (κ2) is 8.32. The van der Waals surface area contributed by atoms with Crippen LogP contribution in [0.25, 0.3) is 0 Å². The molecule has 0 heterocycles. The van der Waals surface area contributed by atoms with E-state index in [4.69, 9.17) is 0 Å². The van der Waals surface area contributed by atoms with E-state index in [9.17, 15) is 23.6 Å². The summed E-state index contributed by atoms with van der Waals surface area (Å²) in [5, 5.41) is 20.8. The summed E-state index contributed by atoms with van der Waals surface area (Å²) >= 11 is 3.48. The van der Waals surface area contributed by atoms with Crippen molar-refractivity contribution in [3.05, 3.63) is 98.5 Å². The van der Waals surface area contributed by atoms with Gasteiger partial charge in [-0.05, 0) is 29.3 Å². The summed E-state index contributed by atoms with van der Waals surface area (Å²) in [6.07, 6.45) is 0. The molecule has 0 fully saturated rings. The summed E-state index contributed by atoms with van der Waals surface area (Å²) < 4.78 is 28.5. The predicted molar refractivity (Wildman–Crippen MR) is 112 cm³/mol. The Hall–Kier alpha value is -2.75. The number of hydrogen-bond acceptors (Lipinski definition) is 5. The van der Waals surface area contributed by atoms with Crippen LogP contribution in [-0.2, 0) is 10.0 Å². The number of phenols is 1. The molecule has 3 rings (SSSR count). The number of aromatic hydroxyl groups is 1. The molecule has 9 heteroatoms. The summed E-state index contributed by atoms with van der Waals surface area (Å²) in [5.41, 5.74) is 0.786. The molecule has 0 aliphatic heterocycles. The van der Waals surface area contributed by atoms with E-state index in [2.05, 4.69) is 15.9 Å². The maximum atomic E-state index is 13.3. The number of benzene rings is 3. The molecule has 0 aliphatic rings. The first kappa shape index (κ1) is 21.0. The van der Waals surface area contributed by atoms with E-state index in [1.54, 1.807) is 0 Å². The van der Waals surface area contributed by atoms with Crippen molar-refractivity contribution in [1.82, 2.24) is 4.31 Å². The number of halogens is 1. The second-order valence-corrected chi connectivity index (χ2v) is 9.12. The van der Waals surface area contributed by atoms with Gasteiger partial charge in [0, 0.05) is 17.6 Å². The molecule has 1 atom stereocenters. The van der Waals surface area contributed by atoms with Crippen LogP contribution in [0.5, 0.6) is 5.75 Å². The Kier molecular flexibility index (Phi) is 6.02. The van der Waals surface area contributed by atoms with Gasteiger partial charge in [0.1, 0.15) is 0 Å². The summed E-state index contributed by atoms with van der Waals surface area (Å²) in [7, 11) is -2.71. The molecule has 29 heavy (non-hydrogen) atoms. The highest BCUT2D eigenvalue weighted by atomic mass is 79.9. The minimum Gasteiger partial charge on any atom is -0.502 e. The zero-order valence-electron chi connectivity index (χ0n) is 15.3. The van der Waals surface area contributed by atoms with Crippen molar-refractivity contribution < 1.29 is 18.4 Å². The van der Waals surface area contributed by atoms with Gasteiger partial charge < -0.3 is 5.11 Å². The third-order valence-electron chi connectivity index (χ3n) is 4.50. The van der Waals surface area contributed by atoms with Crippen LogP contribution in [0.2, 0.25) is 0 Å². The Morgan fingerprint density at radius 2 is 1.66 bits per heavy atom. The molecule has 150 valence electrons. The lowest BCUT2D eigenvalue weighted by atomic mass is 9.99. The van der Waals surface area contributed by atoms with Gasteiger partial charge in [-0.3, -0.25) is 10.1 Å². The first-order valence-corrected chi connectivity index (χ1v) is 10.7. The topological polar surface area (TPSA) is 101 Å². The Morgan fingerprint density at radius 1 is 1.03 bits per heavy atom. The average Bonchev–Trinajstić information content (AvgIpc) is 2.70. The molecular formula is C20H17BrN2O5S. The molecule has 0 aliphatic carbocycles. The maximum Gasteiger partial charge on any atom is 0.312 e. The van der Waals surface area contributed by atoms with Gasteiger partial charge in [-0.25, -0.2) is 8.42 Å². The molecule has 1 unspecified atom stereocenters. The fourth-order valence-corrected chi connectivity index (χ4v) is 4.88. The lowest BCUT2D eigenvalue weighted by molar-refractivity contribution is -0.386. The molecule has 0 bridgehead atoms. The summed E-state index contributed by atoms with van der Waals surface area (Å²) in [6, 6.07) is 18.7. The second-order valence-electron chi connectivity index (χ2n) is 6.26. The molecule has 7 nitrogen and oxygen atoms in total. The molecular weight excluding hydrogens is 460 g/mol. The average molecular weight is 477 g/mol. The molecule has 0 saturated heterocycles. The van der Waals surface area contributed by atoms with Crippen molar-refractivity contribution in [2.75, 3.05) is 7.05 Å². The minimum absolute atomic E-state index is 0.280. The van der Waals surface area contributed by atoms with Gasteiger partial charge >= 0.3 is 5.69 Å². The molecule has 0 saturated carbocycles. The lowest BCUT2D eigenvalue weighted by Crippen LogP contribution is -2.32. The number of nitro benzene ring substituents is 1. The van der Waals surface area contributed by atoms with Crippen molar-refractivity contribution in [2.45, 2.75) is 10.9 Å². The van der Waals surface area contributed by atoms with E-state index in [0.717, 1.165) is 33.8 Å². The van der Waals surface area contributed by atoms with E-state index in [1.807, 2.05) is 54.6 Å². The van der Waals surface area contributed by atoms with E-state index in [1.165, 1.54) is 11.4 Å². The Balaban J connectivity index is 2.15. The third kappa shape index (κ3) is 4.16. The number of phenolic OH excluding ortho intramolecular Hbond substituents is 1. The minimum atomic E-state index is -4.13. The highest BCUT2D eigenvalue weighted by Gasteiger charge is 2.32. The van der Waals surface area contributed by atoms with Gasteiger partial charge in [0.25, 0.3) is 0 Å². The van der Waals surface area contributed by atoms with Crippen LogP contribution in [0, 0.1) is 10.1 Å². The molecule has 0 amide bonds. The van der Waals surface area contributed by atoms with Gasteiger partial charge in [-0.15, -0.1) is 0 Å². The van der Waals surface area contributed by atoms with Crippen LogP contribution in [0.15, 0.2) is 82.2 Å². The molecule has 1 N–H and O–H groups in total. The monoisotopic (exact) mass is 476 g/mol. The first-order chi connectivity index (χ1) is 13.7. The van der Waals surface area contributed by atoms with E-state index < -0.39 is 32.4 Å². The molecule has 3 aromatic rings. The summed E-state index contributed by atoms with van der Waals surface area (Å²) in [5.74, 6) is -0.595. The highest BCUT2D eigenvalue weighted by molar-refractivity contribution is 9.10. The first-order valence-electron chi connectivity index (χ1n) is 8.48. The van der Waals surface area contributed by atoms with Gasteiger partial charge in [0.2, 0.25) is 10.0 Å². The molecule has 0 aromatic heterocycles.